The third kappa shape index (κ3) is 7.22. The maximum atomic E-state index is 13.0. The number of ether oxygens (including phenoxy) is 1. The van der Waals surface area contributed by atoms with Gasteiger partial charge in [-0.1, -0.05) is 54.6 Å². The van der Waals surface area contributed by atoms with E-state index in [0.717, 1.165) is 47.8 Å². The summed E-state index contributed by atoms with van der Waals surface area (Å²) in [6.45, 7) is 3.86. The van der Waals surface area contributed by atoms with Crippen LogP contribution in [0.4, 0.5) is 11.6 Å². The lowest BCUT2D eigenvalue weighted by molar-refractivity contribution is 0.466. The van der Waals surface area contributed by atoms with Gasteiger partial charge in [0.1, 0.15) is 5.75 Å². The molecular weight excluding hydrogens is 584 g/mol. The Balaban J connectivity index is 0.00000368. The van der Waals surface area contributed by atoms with Crippen molar-refractivity contribution in [2.45, 2.75) is 31.6 Å². The van der Waals surface area contributed by atoms with Gasteiger partial charge in [0.15, 0.2) is 0 Å². The standard InChI is InChI=1S/C32H32N6O3S.ClH/c1-22-14-15-25-26(11-5-13-29(25)38-42(39,40)21-23-8-3-2-4-9-23)30(22)41-31-27(12-7-18-34-31)28-16-19-35-32(37-28)36-24-10-6-17-33-20-24;/h2-5,7-9,11-16,18-19,24,33,38H,6,10,17,20-21H2,1H3,(H,35,36,37);1H/t24-;/m0./s1. The summed E-state index contributed by atoms with van der Waals surface area (Å²) in [6.07, 6.45) is 5.58. The largest absolute Gasteiger partial charge is 0.437 e. The van der Waals surface area contributed by atoms with Gasteiger partial charge in [-0.3, -0.25) is 4.72 Å². The van der Waals surface area contributed by atoms with Gasteiger partial charge in [-0.05, 0) is 61.7 Å². The number of benzene rings is 3. The number of hydrogen-bond donors (Lipinski definition) is 3. The molecule has 222 valence electrons. The van der Waals surface area contributed by atoms with Crippen molar-refractivity contribution < 1.29 is 13.2 Å². The van der Waals surface area contributed by atoms with Crippen LogP contribution in [0.15, 0.2) is 91.3 Å². The lowest BCUT2D eigenvalue weighted by Gasteiger charge is -2.23. The smallest absolute Gasteiger partial charge is 0.236 e. The average Bonchev–Trinajstić information content (AvgIpc) is 3.00. The number of aromatic nitrogens is 3. The van der Waals surface area contributed by atoms with Crippen molar-refractivity contribution in [2.24, 2.45) is 0 Å². The van der Waals surface area contributed by atoms with E-state index in [-0.39, 0.29) is 24.2 Å². The van der Waals surface area contributed by atoms with E-state index in [0.29, 0.717) is 34.5 Å². The monoisotopic (exact) mass is 616 g/mol. The summed E-state index contributed by atoms with van der Waals surface area (Å²) in [7, 11) is -3.65. The topological polar surface area (TPSA) is 118 Å². The first-order chi connectivity index (χ1) is 20.4. The minimum absolute atomic E-state index is 0. The summed E-state index contributed by atoms with van der Waals surface area (Å²) < 4.78 is 35.3. The van der Waals surface area contributed by atoms with Crippen molar-refractivity contribution in [3.8, 4) is 22.9 Å². The highest BCUT2D eigenvalue weighted by Crippen LogP contribution is 2.39. The molecule has 0 aliphatic carbocycles. The van der Waals surface area contributed by atoms with Crippen LogP contribution in [-0.4, -0.2) is 42.5 Å². The molecule has 1 aliphatic rings. The second-order valence-electron chi connectivity index (χ2n) is 10.4. The van der Waals surface area contributed by atoms with E-state index in [1.54, 1.807) is 30.6 Å². The summed E-state index contributed by atoms with van der Waals surface area (Å²) >= 11 is 0. The van der Waals surface area contributed by atoms with Gasteiger partial charge in [-0.2, -0.15) is 0 Å². The van der Waals surface area contributed by atoms with Gasteiger partial charge in [-0.15, -0.1) is 12.4 Å². The summed E-state index contributed by atoms with van der Waals surface area (Å²) in [4.78, 5) is 13.7. The third-order valence-electron chi connectivity index (χ3n) is 7.21. The maximum Gasteiger partial charge on any atom is 0.236 e. The Morgan fingerprint density at radius 3 is 2.60 bits per heavy atom. The highest BCUT2D eigenvalue weighted by Gasteiger charge is 2.19. The number of fused-ring (bicyclic) bond motifs is 1. The van der Waals surface area contributed by atoms with E-state index in [1.165, 1.54) is 0 Å². The van der Waals surface area contributed by atoms with Crippen molar-refractivity contribution in [3.63, 3.8) is 0 Å². The highest BCUT2D eigenvalue weighted by molar-refractivity contribution is 7.91. The number of nitrogens with one attached hydrogen (secondary N) is 3. The molecule has 43 heavy (non-hydrogen) atoms. The molecule has 3 aromatic carbocycles. The Morgan fingerprint density at radius 1 is 0.930 bits per heavy atom. The van der Waals surface area contributed by atoms with E-state index in [2.05, 4.69) is 25.3 Å². The first kappa shape index (κ1) is 30.2. The summed E-state index contributed by atoms with van der Waals surface area (Å²) in [5.41, 5.74) is 3.50. The van der Waals surface area contributed by atoms with Gasteiger partial charge in [0.25, 0.3) is 0 Å². The number of rotatable bonds is 9. The summed E-state index contributed by atoms with van der Waals surface area (Å²) in [6, 6.07) is 24.3. The zero-order valence-electron chi connectivity index (χ0n) is 23.7. The molecule has 0 unspecified atom stereocenters. The van der Waals surface area contributed by atoms with E-state index in [9.17, 15) is 8.42 Å². The van der Waals surface area contributed by atoms with Gasteiger partial charge in [-0.25, -0.2) is 23.4 Å². The van der Waals surface area contributed by atoms with Gasteiger partial charge in [0.2, 0.25) is 21.9 Å². The molecule has 11 heteroatoms. The van der Waals surface area contributed by atoms with Crippen LogP contribution in [0, 0.1) is 6.92 Å². The van der Waals surface area contributed by atoms with Gasteiger partial charge < -0.3 is 15.4 Å². The first-order valence-electron chi connectivity index (χ1n) is 14.0. The van der Waals surface area contributed by atoms with Crippen molar-refractivity contribution >= 4 is 44.8 Å². The molecule has 0 saturated carbocycles. The quantitative estimate of drug-likeness (QED) is 0.176. The molecule has 9 nitrogen and oxygen atoms in total. The molecule has 1 aliphatic heterocycles. The fourth-order valence-electron chi connectivity index (χ4n) is 5.16. The van der Waals surface area contributed by atoms with Crippen molar-refractivity contribution in [1.82, 2.24) is 20.3 Å². The van der Waals surface area contributed by atoms with Crippen LogP contribution >= 0.6 is 12.4 Å². The third-order valence-corrected chi connectivity index (χ3v) is 8.45. The van der Waals surface area contributed by atoms with E-state index in [4.69, 9.17) is 9.72 Å². The summed E-state index contributed by atoms with van der Waals surface area (Å²) in [5.74, 6) is 1.43. The fourth-order valence-corrected chi connectivity index (χ4v) is 6.38. The van der Waals surface area contributed by atoms with Gasteiger partial charge in [0.05, 0.1) is 22.7 Å². The number of anilines is 2. The van der Waals surface area contributed by atoms with Crippen LogP contribution in [-0.2, 0) is 15.8 Å². The molecule has 5 aromatic rings. The van der Waals surface area contributed by atoms with Crippen LogP contribution < -0.4 is 20.1 Å². The van der Waals surface area contributed by atoms with Crippen LogP contribution in [0.3, 0.4) is 0 Å². The predicted molar refractivity (Wildman–Crippen MR) is 173 cm³/mol. The normalized spacial score (nSPS) is 15.0. The molecule has 2 aromatic heterocycles. The van der Waals surface area contributed by atoms with Crippen molar-refractivity contribution in [3.05, 3.63) is 102 Å². The molecule has 0 bridgehead atoms. The lowest BCUT2D eigenvalue weighted by atomic mass is 10.0. The van der Waals surface area contributed by atoms with E-state index in [1.807, 2.05) is 67.6 Å². The molecule has 3 heterocycles. The molecule has 0 radical (unpaired) electrons. The Morgan fingerprint density at radius 2 is 1.79 bits per heavy atom. The molecule has 0 spiro atoms. The SMILES string of the molecule is Cc1ccc2c(NS(=O)(=O)Cc3ccccc3)cccc2c1Oc1ncccc1-c1ccnc(N[C@H]2CCCNC2)n1.Cl. The Kier molecular flexibility index (Phi) is 9.40. The molecule has 1 saturated heterocycles. The van der Waals surface area contributed by atoms with Gasteiger partial charge in [0, 0.05) is 35.8 Å². The maximum absolute atomic E-state index is 13.0. The predicted octanol–water partition coefficient (Wildman–Crippen LogP) is 6.32. The molecule has 1 atom stereocenters. The zero-order valence-corrected chi connectivity index (χ0v) is 25.3. The van der Waals surface area contributed by atoms with Crippen LogP contribution in [0.2, 0.25) is 0 Å². The van der Waals surface area contributed by atoms with E-state index < -0.39 is 10.0 Å². The average molecular weight is 617 g/mol. The minimum atomic E-state index is -3.65. The number of pyridine rings is 1. The molecule has 3 N–H and O–H groups in total. The Bertz CT molecular complexity index is 1820. The zero-order chi connectivity index (χ0) is 28.9. The Labute approximate surface area is 257 Å². The van der Waals surface area contributed by atoms with Gasteiger partial charge >= 0.3 is 0 Å². The fraction of sp³-hybridized carbons (Fsp3) is 0.219. The van der Waals surface area contributed by atoms with Crippen LogP contribution in [0.1, 0.15) is 24.0 Å². The molecular formula is C32H33ClN6O3S. The number of aryl methyl sites for hydroxylation is 1. The Hall–Kier alpha value is -4.25. The minimum Gasteiger partial charge on any atom is -0.437 e. The van der Waals surface area contributed by atoms with Crippen LogP contribution in [0.5, 0.6) is 11.6 Å². The molecule has 1 fully saturated rings. The number of hydrogen-bond acceptors (Lipinski definition) is 8. The number of halogens is 1. The number of sulfonamides is 1. The first-order valence-corrected chi connectivity index (χ1v) is 15.6. The highest BCUT2D eigenvalue weighted by atomic mass is 35.5. The lowest BCUT2D eigenvalue weighted by Crippen LogP contribution is -2.38. The number of piperidine rings is 1. The van der Waals surface area contributed by atoms with Crippen molar-refractivity contribution in [1.29, 1.82) is 0 Å². The molecule has 6 rings (SSSR count). The van der Waals surface area contributed by atoms with E-state index >= 15 is 0 Å². The molecule has 0 amide bonds. The second kappa shape index (κ2) is 13.4. The second-order valence-corrected chi connectivity index (χ2v) is 12.1. The van der Waals surface area contributed by atoms with Crippen molar-refractivity contribution in [2.75, 3.05) is 23.1 Å². The number of nitrogens with zero attached hydrogens (tertiary/aromatic N) is 3. The summed E-state index contributed by atoms with van der Waals surface area (Å²) in [5, 5.41) is 8.32. The van der Waals surface area contributed by atoms with Crippen LogP contribution in [0.25, 0.3) is 22.0 Å².